The molecule has 0 saturated carbocycles. The maximum absolute atomic E-state index is 11.9. The van der Waals surface area contributed by atoms with Gasteiger partial charge in [-0.1, -0.05) is 18.5 Å². The molecule has 1 aromatic heterocycles. The molecule has 0 amide bonds. The van der Waals surface area contributed by atoms with Crippen molar-refractivity contribution >= 4 is 17.6 Å². The third kappa shape index (κ3) is 4.63. The second-order valence-corrected chi connectivity index (χ2v) is 4.29. The lowest BCUT2D eigenvalue weighted by molar-refractivity contribution is 0.00437. The summed E-state index contributed by atoms with van der Waals surface area (Å²) < 4.78 is 10.4. The Morgan fingerprint density at radius 2 is 2.17 bits per heavy atom. The molecule has 4 nitrogen and oxygen atoms in total. The van der Waals surface area contributed by atoms with Gasteiger partial charge >= 0.3 is 5.97 Å². The van der Waals surface area contributed by atoms with Crippen LogP contribution >= 0.6 is 11.6 Å². The molecule has 0 N–H and O–H groups in total. The van der Waals surface area contributed by atoms with Crippen LogP contribution in [0.5, 0.6) is 0 Å². The van der Waals surface area contributed by atoms with Crippen molar-refractivity contribution in [2.75, 3.05) is 13.2 Å². The van der Waals surface area contributed by atoms with Gasteiger partial charge in [0.25, 0.3) is 0 Å². The van der Waals surface area contributed by atoms with Crippen LogP contribution in [-0.2, 0) is 15.9 Å². The maximum Gasteiger partial charge on any atom is 0.338 e. The van der Waals surface area contributed by atoms with Gasteiger partial charge in [-0.25, -0.2) is 9.78 Å². The molecular weight excluding hydrogens is 254 g/mol. The minimum atomic E-state index is -0.402. The van der Waals surface area contributed by atoms with Crippen LogP contribution in [0.25, 0.3) is 0 Å². The predicted octanol–water partition coefficient (Wildman–Crippen LogP) is 2.88. The molecule has 0 radical (unpaired) electrons. The molecule has 5 heteroatoms. The van der Waals surface area contributed by atoms with Crippen molar-refractivity contribution in [1.29, 1.82) is 0 Å². The quantitative estimate of drug-likeness (QED) is 0.590. The third-order valence-electron chi connectivity index (χ3n) is 2.31. The van der Waals surface area contributed by atoms with E-state index in [0.717, 1.165) is 12.1 Å². The lowest BCUT2D eigenvalue weighted by Gasteiger charge is -2.13. The number of nitrogens with zero attached hydrogens (tertiary/aromatic N) is 1. The summed E-state index contributed by atoms with van der Waals surface area (Å²) in [4.78, 5) is 16.0. The highest BCUT2D eigenvalue weighted by molar-refractivity contribution is 6.29. The van der Waals surface area contributed by atoms with Crippen LogP contribution in [-0.4, -0.2) is 30.3 Å². The number of hydrogen-bond donors (Lipinski definition) is 0. The number of hydrogen-bond acceptors (Lipinski definition) is 4. The van der Waals surface area contributed by atoms with E-state index < -0.39 is 5.97 Å². The van der Waals surface area contributed by atoms with E-state index >= 15 is 0 Å². The predicted molar refractivity (Wildman–Crippen MR) is 70.0 cm³/mol. The monoisotopic (exact) mass is 271 g/mol. The zero-order valence-corrected chi connectivity index (χ0v) is 11.7. The number of aromatic nitrogens is 1. The van der Waals surface area contributed by atoms with Crippen LogP contribution in [0.4, 0.5) is 0 Å². The molecule has 0 aliphatic rings. The zero-order valence-electron chi connectivity index (χ0n) is 10.9. The summed E-state index contributed by atoms with van der Waals surface area (Å²) in [5.74, 6) is -0.402. The van der Waals surface area contributed by atoms with Crippen LogP contribution < -0.4 is 0 Å². The van der Waals surface area contributed by atoms with Gasteiger partial charge in [-0.3, -0.25) is 0 Å². The van der Waals surface area contributed by atoms with Crippen LogP contribution in [0.1, 0.15) is 36.8 Å². The van der Waals surface area contributed by atoms with Gasteiger partial charge < -0.3 is 9.47 Å². The Kier molecular flexibility index (Phi) is 6.09. The minimum Gasteiger partial charge on any atom is -0.457 e. The molecule has 0 aromatic carbocycles. The Balaban J connectivity index is 2.68. The Hall–Kier alpha value is -1.13. The van der Waals surface area contributed by atoms with Crippen molar-refractivity contribution in [2.45, 2.75) is 33.3 Å². The Morgan fingerprint density at radius 3 is 2.78 bits per heavy atom. The van der Waals surface area contributed by atoms with Gasteiger partial charge in [-0.2, -0.15) is 0 Å². The number of pyridine rings is 1. The summed E-state index contributed by atoms with van der Waals surface area (Å²) in [6.45, 7) is 6.62. The zero-order chi connectivity index (χ0) is 13.5. The van der Waals surface area contributed by atoms with Crippen molar-refractivity contribution < 1.29 is 14.3 Å². The van der Waals surface area contributed by atoms with Gasteiger partial charge in [-0.05, 0) is 32.4 Å². The molecular formula is C13H18ClNO3. The Bertz CT molecular complexity index is 409. The first-order valence-corrected chi connectivity index (χ1v) is 6.39. The third-order valence-corrected chi connectivity index (χ3v) is 2.50. The fourth-order valence-corrected chi connectivity index (χ4v) is 1.64. The molecule has 1 unspecified atom stereocenters. The molecule has 0 fully saturated rings. The highest BCUT2D eigenvalue weighted by Crippen LogP contribution is 2.13. The lowest BCUT2D eigenvalue weighted by atomic mass is 10.2. The highest BCUT2D eigenvalue weighted by atomic mass is 35.5. The second kappa shape index (κ2) is 7.34. The van der Waals surface area contributed by atoms with Crippen LogP contribution in [0, 0.1) is 0 Å². The second-order valence-electron chi connectivity index (χ2n) is 3.90. The number of halogens is 1. The smallest absolute Gasteiger partial charge is 0.338 e. The molecule has 1 heterocycles. The number of carbonyl (C=O) groups is 1. The summed E-state index contributed by atoms with van der Waals surface area (Å²) >= 11 is 5.85. The summed E-state index contributed by atoms with van der Waals surface area (Å²) in [7, 11) is 0. The van der Waals surface area contributed by atoms with E-state index in [-0.39, 0.29) is 6.10 Å². The van der Waals surface area contributed by atoms with E-state index in [1.807, 2.05) is 13.8 Å². The first kappa shape index (κ1) is 14.9. The fourth-order valence-electron chi connectivity index (χ4n) is 1.42. The molecule has 0 spiro atoms. The largest absolute Gasteiger partial charge is 0.457 e. The van der Waals surface area contributed by atoms with Gasteiger partial charge in [0, 0.05) is 12.3 Å². The molecule has 1 rings (SSSR count). The molecule has 0 saturated heterocycles. The average molecular weight is 272 g/mol. The van der Waals surface area contributed by atoms with E-state index in [0.29, 0.717) is 23.9 Å². The fraction of sp³-hybridized carbons (Fsp3) is 0.538. The van der Waals surface area contributed by atoms with Gasteiger partial charge in [0.1, 0.15) is 11.3 Å². The average Bonchev–Trinajstić information content (AvgIpc) is 2.35. The van der Waals surface area contributed by atoms with Gasteiger partial charge in [-0.15, -0.1) is 0 Å². The van der Waals surface area contributed by atoms with Gasteiger partial charge in [0.2, 0.25) is 0 Å². The molecule has 18 heavy (non-hydrogen) atoms. The number of ether oxygens (including phenoxy) is 2. The van der Waals surface area contributed by atoms with Gasteiger partial charge in [0.05, 0.1) is 12.2 Å². The summed E-state index contributed by atoms with van der Waals surface area (Å²) in [5, 5.41) is 0.304. The molecule has 1 atom stereocenters. The number of aryl methyl sites for hydroxylation is 1. The SMILES string of the molecule is CCOCC(C)OC(=O)c1cc(Cl)nc(CC)c1. The van der Waals surface area contributed by atoms with Gasteiger partial charge in [0.15, 0.2) is 0 Å². The molecule has 100 valence electrons. The molecule has 1 aromatic rings. The highest BCUT2D eigenvalue weighted by Gasteiger charge is 2.14. The standard InChI is InChI=1S/C13H18ClNO3/c1-4-11-6-10(7-12(14)15-11)13(16)18-9(3)8-17-5-2/h6-7,9H,4-5,8H2,1-3H3. The van der Waals surface area contributed by atoms with Crippen molar-refractivity contribution in [3.8, 4) is 0 Å². The summed E-state index contributed by atoms with van der Waals surface area (Å²) in [5.41, 5.74) is 1.20. The van der Waals surface area contributed by atoms with Crippen LogP contribution in [0.2, 0.25) is 5.15 Å². The summed E-state index contributed by atoms with van der Waals surface area (Å²) in [6, 6.07) is 3.21. The minimum absolute atomic E-state index is 0.283. The molecule has 0 bridgehead atoms. The van der Waals surface area contributed by atoms with Crippen molar-refractivity contribution in [1.82, 2.24) is 4.98 Å². The normalized spacial score (nSPS) is 12.2. The van der Waals surface area contributed by atoms with E-state index in [4.69, 9.17) is 21.1 Å². The summed E-state index contributed by atoms with van der Waals surface area (Å²) in [6.07, 6.45) is 0.435. The van der Waals surface area contributed by atoms with Crippen LogP contribution in [0.3, 0.4) is 0 Å². The topological polar surface area (TPSA) is 48.4 Å². The van der Waals surface area contributed by atoms with E-state index in [1.165, 1.54) is 6.07 Å². The molecule has 0 aliphatic heterocycles. The van der Waals surface area contributed by atoms with Crippen molar-refractivity contribution in [2.24, 2.45) is 0 Å². The van der Waals surface area contributed by atoms with E-state index in [1.54, 1.807) is 13.0 Å². The first-order chi connectivity index (χ1) is 8.56. The number of rotatable bonds is 6. The lowest BCUT2D eigenvalue weighted by Crippen LogP contribution is -2.20. The van der Waals surface area contributed by atoms with E-state index in [9.17, 15) is 4.79 Å². The Labute approximate surface area is 112 Å². The first-order valence-electron chi connectivity index (χ1n) is 6.02. The van der Waals surface area contributed by atoms with Crippen molar-refractivity contribution in [3.05, 3.63) is 28.5 Å². The Morgan fingerprint density at radius 1 is 1.44 bits per heavy atom. The van der Waals surface area contributed by atoms with Crippen LogP contribution in [0.15, 0.2) is 12.1 Å². The molecule has 0 aliphatic carbocycles. The maximum atomic E-state index is 11.9. The number of esters is 1. The van der Waals surface area contributed by atoms with Crippen molar-refractivity contribution in [3.63, 3.8) is 0 Å². The van der Waals surface area contributed by atoms with E-state index in [2.05, 4.69) is 4.98 Å². The number of carbonyl (C=O) groups excluding carboxylic acids is 1.